The number of ether oxygens (including phenoxy) is 4. The fraction of sp³-hybridized carbons (Fsp3) is 0.538. The monoisotopic (exact) mass is 414 g/mol. The first-order chi connectivity index (χ1) is 14.3. The van der Waals surface area contributed by atoms with Crippen molar-refractivity contribution in [1.29, 1.82) is 0 Å². The lowest BCUT2D eigenvalue weighted by Gasteiger charge is -2.27. The van der Waals surface area contributed by atoms with Crippen molar-refractivity contribution in [2.45, 2.75) is 65.2 Å². The lowest BCUT2D eigenvalue weighted by molar-refractivity contribution is 0.377. The lowest BCUT2D eigenvalue weighted by atomic mass is 9.81. The van der Waals surface area contributed by atoms with Crippen molar-refractivity contribution in [3.63, 3.8) is 0 Å². The molecule has 0 amide bonds. The van der Waals surface area contributed by atoms with Gasteiger partial charge in [0.15, 0.2) is 0 Å². The highest BCUT2D eigenvalue weighted by Crippen LogP contribution is 2.39. The first-order valence-electron chi connectivity index (χ1n) is 10.8. The molecule has 0 saturated carbocycles. The van der Waals surface area contributed by atoms with E-state index in [4.69, 9.17) is 18.9 Å². The van der Waals surface area contributed by atoms with Gasteiger partial charge in [0.05, 0.1) is 28.4 Å². The minimum Gasteiger partial charge on any atom is -0.496 e. The molecule has 2 rings (SSSR count). The van der Waals surface area contributed by atoms with Crippen LogP contribution in [0.2, 0.25) is 0 Å². The van der Waals surface area contributed by atoms with Crippen LogP contribution < -0.4 is 18.9 Å². The minimum atomic E-state index is 0.0399. The van der Waals surface area contributed by atoms with Gasteiger partial charge in [0.1, 0.15) is 23.0 Å². The van der Waals surface area contributed by atoms with E-state index in [-0.39, 0.29) is 5.41 Å². The Morgan fingerprint density at radius 3 is 1.60 bits per heavy atom. The smallest absolute Gasteiger partial charge is 0.123 e. The SMILES string of the molecule is CCC(C)(C)c1cc(OC)c(CCCCc2cc(OC)c(C)cc2OC)cc1OC. The van der Waals surface area contributed by atoms with Gasteiger partial charge in [-0.3, -0.25) is 0 Å². The molecular weight excluding hydrogens is 376 g/mol. The van der Waals surface area contributed by atoms with Gasteiger partial charge in [0.25, 0.3) is 0 Å². The van der Waals surface area contributed by atoms with Crippen molar-refractivity contribution in [2.75, 3.05) is 28.4 Å². The molecule has 0 aliphatic heterocycles. The normalized spacial score (nSPS) is 11.3. The Bertz CT molecular complexity index is 839. The Morgan fingerprint density at radius 2 is 1.13 bits per heavy atom. The van der Waals surface area contributed by atoms with E-state index >= 15 is 0 Å². The zero-order valence-corrected chi connectivity index (χ0v) is 20.0. The number of rotatable bonds is 11. The molecule has 4 heteroatoms. The molecule has 0 heterocycles. The predicted molar refractivity (Wildman–Crippen MR) is 124 cm³/mol. The molecule has 4 nitrogen and oxygen atoms in total. The molecule has 2 aromatic carbocycles. The zero-order valence-electron chi connectivity index (χ0n) is 20.0. The maximum absolute atomic E-state index is 5.73. The number of aryl methyl sites for hydroxylation is 3. The Balaban J connectivity index is 2.13. The van der Waals surface area contributed by atoms with Crippen LogP contribution in [0.15, 0.2) is 24.3 Å². The molecule has 0 aliphatic carbocycles. The maximum Gasteiger partial charge on any atom is 0.123 e. The molecule has 0 atom stereocenters. The first-order valence-corrected chi connectivity index (χ1v) is 10.8. The van der Waals surface area contributed by atoms with E-state index in [0.717, 1.165) is 60.7 Å². The van der Waals surface area contributed by atoms with Gasteiger partial charge in [-0.1, -0.05) is 20.8 Å². The summed E-state index contributed by atoms with van der Waals surface area (Å²) in [5.74, 6) is 3.73. The fourth-order valence-corrected chi connectivity index (χ4v) is 3.82. The molecule has 30 heavy (non-hydrogen) atoms. The number of hydrogen-bond acceptors (Lipinski definition) is 4. The molecule has 0 aromatic heterocycles. The third-order valence-electron chi connectivity index (χ3n) is 6.16. The van der Waals surface area contributed by atoms with Gasteiger partial charge in [-0.15, -0.1) is 0 Å². The average molecular weight is 415 g/mol. The Labute approximate surface area is 182 Å². The largest absolute Gasteiger partial charge is 0.496 e. The summed E-state index contributed by atoms with van der Waals surface area (Å²) in [4.78, 5) is 0. The van der Waals surface area contributed by atoms with Gasteiger partial charge in [0.2, 0.25) is 0 Å². The topological polar surface area (TPSA) is 36.9 Å². The van der Waals surface area contributed by atoms with E-state index in [1.54, 1.807) is 28.4 Å². The van der Waals surface area contributed by atoms with E-state index < -0.39 is 0 Å². The van der Waals surface area contributed by atoms with Crippen molar-refractivity contribution < 1.29 is 18.9 Å². The molecule has 0 unspecified atom stereocenters. The molecule has 0 bridgehead atoms. The Morgan fingerprint density at radius 1 is 0.667 bits per heavy atom. The summed E-state index contributed by atoms with van der Waals surface area (Å²) in [6.07, 6.45) is 5.03. The maximum atomic E-state index is 5.73. The van der Waals surface area contributed by atoms with Crippen LogP contribution in [0.1, 0.15) is 62.3 Å². The van der Waals surface area contributed by atoms with Gasteiger partial charge in [0, 0.05) is 5.56 Å². The highest BCUT2D eigenvalue weighted by Gasteiger charge is 2.24. The summed E-state index contributed by atoms with van der Waals surface area (Å²) in [5.41, 5.74) is 4.70. The van der Waals surface area contributed by atoms with Gasteiger partial charge in [-0.2, -0.15) is 0 Å². The van der Waals surface area contributed by atoms with Crippen LogP contribution in [0, 0.1) is 6.92 Å². The van der Waals surface area contributed by atoms with Crippen LogP contribution in [-0.2, 0) is 18.3 Å². The van der Waals surface area contributed by atoms with Crippen molar-refractivity contribution in [2.24, 2.45) is 0 Å². The van der Waals surface area contributed by atoms with E-state index in [9.17, 15) is 0 Å². The lowest BCUT2D eigenvalue weighted by Crippen LogP contribution is -2.17. The minimum absolute atomic E-state index is 0.0399. The highest BCUT2D eigenvalue weighted by atomic mass is 16.5. The molecule has 2 aromatic rings. The van der Waals surface area contributed by atoms with Gasteiger partial charge in [-0.05, 0) is 85.4 Å². The zero-order chi connectivity index (χ0) is 22.3. The molecular formula is C26H38O4. The van der Waals surface area contributed by atoms with Crippen LogP contribution in [0.5, 0.6) is 23.0 Å². The van der Waals surface area contributed by atoms with Crippen LogP contribution in [0.3, 0.4) is 0 Å². The molecule has 0 aliphatic rings. The van der Waals surface area contributed by atoms with Crippen molar-refractivity contribution in [3.05, 3.63) is 46.5 Å². The summed E-state index contributed by atoms with van der Waals surface area (Å²) in [6.45, 7) is 8.73. The van der Waals surface area contributed by atoms with Crippen molar-refractivity contribution in [1.82, 2.24) is 0 Å². The second kappa shape index (κ2) is 10.6. The van der Waals surface area contributed by atoms with E-state index in [1.165, 1.54) is 16.7 Å². The van der Waals surface area contributed by atoms with E-state index in [1.807, 2.05) is 6.92 Å². The fourth-order valence-electron chi connectivity index (χ4n) is 3.82. The summed E-state index contributed by atoms with van der Waals surface area (Å²) in [6, 6.07) is 8.46. The third kappa shape index (κ3) is 5.41. The van der Waals surface area contributed by atoms with E-state index in [2.05, 4.69) is 45.0 Å². The standard InChI is InChI=1S/C26H38O4/c1-9-26(3,4)21-17-24(29-7)20(16-25(21)30-8)13-11-10-12-19-15-22(27-5)18(2)14-23(19)28-6/h14-17H,9-13H2,1-8H3. The predicted octanol–water partition coefficient (Wildman–Crippen LogP) is 6.28. The van der Waals surface area contributed by atoms with Gasteiger partial charge < -0.3 is 18.9 Å². The molecule has 0 radical (unpaired) electrons. The third-order valence-corrected chi connectivity index (χ3v) is 6.16. The number of unbranched alkanes of at least 4 members (excludes halogenated alkanes) is 1. The van der Waals surface area contributed by atoms with Crippen molar-refractivity contribution >= 4 is 0 Å². The molecule has 166 valence electrons. The Kier molecular flexibility index (Phi) is 8.45. The summed E-state index contributed by atoms with van der Waals surface area (Å²) in [5, 5.41) is 0. The van der Waals surface area contributed by atoms with Crippen LogP contribution in [-0.4, -0.2) is 28.4 Å². The molecule has 0 saturated heterocycles. The number of benzene rings is 2. The average Bonchev–Trinajstić information content (AvgIpc) is 2.76. The Hall–Kier alpha value is -2.36. The number of methoxy groups -OCH3 is 4. The van der Waals surface area contributed by atoms with Crippen LogP contribution in [0.25, 0.3) is 0 Å². The summed E-state index contributed by atoms with van der Waals surface area (Å²) >= 11 is 0. The second-order valence-corrected chi connectivity index (χ2v) is 8.44. The van der Waals surface area contributed by atoms with E-state index in [0.29, 0.717) is 0 Å². The molecule has 0 N–H and O–H groups in total. The second-order valence-electron chi connectivity index (χ2n) is 8.44. The number of hydrogen-bond donors (Lipinski definition) is 0. The van der Waals surface area contributed by atoms with Crippen LogP contribution in [0.4, 0.5) is 0 Å². The highest BCUT2D eigenvalue weighted by molar-refractivity contribution is 5.50. The van der Waals surface area contributed by atoms with Crippen LogP contribution >= 0.6 is 0 Å². The first kappa shape index (κ1) is 23.9. The summed E-state index contributed by atoms with van der Waals surface area (Å²) in [7, 11) is 6.93. The van der Waals surface area contributed by atoms with Gasteiger partial charge >= 0.3 is 0 Å². The van der Waals surface area contributed by atoms with Crippen molar-refractivity contribution in [3.8, 4) is 23.0 Å². The van der Waals surface area contributed by atoms with Gasteiger partial charge in [-0.25, -0.2) is 0 Å². The molecule has 0 fully saturated rings. The summed E-state index contributed by atoms with van der Waals surface area (Å²) < 4.78 is 22.5. The quantitative estimate of drug-likeness (QED) is 0.405. The molecule has 0 spiro atoms.